The predicted octanol–water partition coefficient (Wildman–Crippen LogP) is 4.28. The molecular weight excluding hydrogens is 369 g/mol. The van der Waals surface area contributed by atoms with Crippen LogP contribution in [0.2, 0.25) is 0 Å². The highest BCUT2D eigenvalue weighted by Crippen LogP contribution is 2.57. The molecule has 0 aliphatic heterocycles. The van der Waals surface area contributed by atoms with E-state index in [1.165, 1.54) is 0 Å². The predicted molar refractivity (Wildman–Crippen MR) is 109 cm³/mol. The van der Waals surface area contributed by atoms with Crippen LogP contribution in [0, 0.1) is 0 Å². The van der Waals surface area contributed by atoms with Crippen molar-refractivity contribution in [2.45, 2.75) is 38.8 Å². The van der Waals surface area contributed by atoms with Crippen LogP contribution in [0.5, 0.6) is 5.75 Å². The van der Waals surface area contributed by atoms with Crippen LogP contribution in [-0.2, 0) is 16.3 Å². The lowest BCUT2D eigenvalue weighted by molar-refractivity contribution is 0.0599. The number of aliphatic hydroxyl groups excluding tert-OH is 1. The Bertz CT molecular complexity index is 724. The van der Waals surface area contributed by atoms with Crippen molar-refractivity contribution >= 4 is 24.0 Å². The van der Waals surface area contributed by atoms with Gasteiger partial charge in [-0.25, -0.2) is 0 Å². The number of hydrogen-bond acceptors (Lipinski definition) is 5. The molecule has 2 aromatic carbocycles. The van der Waals surface area contributed by atoms with Crippen molar-refractivity contribution in [1.82, 2.24) is 0 Å². The molecule has 4 unspecified atom stereocenters. The van der Waals surface area contributed by atoms with E-state index in [-0.39, 0.29) is 0 Å². The molecule has 0 saturated heterocycles. The zero-order valence-electron chi connectivity index (χ0n) is 15.2. The smallest absolute Gasteiger partial charge is 0.213 e. The van der Waals surface area contributed by atoms with E-state index < -0.39 is 24.5 Å². The Morgan fingerprint density at radius 3 is 2.23 bits per heavy atom. The zero-order chi connectivity index (χ0) is 19.2. The molecule has 0 fully saturated rings. The maximum absolute atomic E-state index is 11.0. The molecule has 0 amide bonds. The van der Waals surface area contributed by atoms with Crippen LogP contribution in [0.4, 0.5) is 5.69 Å². The zero-order valence-corrected chi connectivity index (χ0v) is 16.9. The Balaban J connectivity index is 2.33. The standard InChI is InChI=1S/C19H26NO4PS/c1-4-23-18-12-10-16(11-13-18)19(20-17-8-6-5-7-9-17)25(22,26)24-15(3)14(2)21/h5-15,19-21H,4H2,1-3H3,(H,22,26). The normalized spacial score (nSPS) is 17.0. The highest BCUT2D eigenvalue weighted by Gasteiger charge is 2.32. The molecule has 7 heteroatoms. The molecule has 2 rings (SSSR count). The Morgan fingerprint density at radius 1 is 1.08 bits per heavy atom. The molecule has 0 aliphatic rings. The minimum Gasteiger partial charge on any atom is -0.494 e. The van der Waals surface area contributed by atoms with Crippen LogP contribution in [0.1, 0.15) is 32.1 Å². The van der Waals surface area contributed by atoms with Crippen molar-refractivity contribution in [2.75, 3.05) is 11.9 Å². The largest absolute Gasteiger partial charge is 0.494 e. The van der Waals surface area contributed by atoms with E-state index in [0.29, 0.717) is 6.61 Å². The third-order valence-electron chi connectivity index (χ3n) is 3.91. The summed E-state index contributed by atoms with van der Waals surface area (Å²) in [5, 5.41) is 13.0. The summed E-state index contributed by atoms with van der Waals surface area (Å²) < 4.78 is 11.2. The second-order valence-electron chi connectivity index (χ2n) is 6.03. The van der Waals surface area contributed by atoms with Gasteiger partial charge in [0.1, 0.15) is 11.5 Å². The van der Waals surface area contributed by atoms with E-state index in [9.17, 15) is 10.00 Å². The molecule has 0 aromatic heterocycles. The highest BCUT2D eigenvalue weighted by atomic mass is 32.5. The number of ether oxygens (including phenoxy) is 1. The van der Waals surface area contributed by atoms with Gasteiger partial charge in [-0.2, -0.15) is 0 Å². The molecule has 4 atom stereocenters. The SMILES string of the molecule is CCOc1ccc(C(Nc2ccccc2)P(O)(=S)OC(C)C(C)O)cc1. The Labute approximate surface area is 160 Å². The van der Waals surface area contributed by atoms with Crippen LogP contribution in [0.25, 0.3) is 0 Å². The highest BCUT2D eigenvalue weighted by molar-refractivity contribution is 8.09. The summed E-state index contributed by atoms with van der Waals surface area (Å²) in [5.74, 6) is 0.135. The molecule has 0 saturated carbocycles. The lowest BCUT2D eigenvalue weighted by Crippen LogP contribution is -2.24. The average molecular weight is 395 g/mol. The second kappa shape index (κ2) is 9.49. The first-order valence-corrected chi connectivity index (χ1v) is 11.3. The number of benzene rings is 2. The van der Waals surface area contributed by atoms with Gasteiger partial charge < -0.3 is 24.6 Å². The van der Waals surface area contributed by atoms with E-state index in [2.05, 4.69) is 5.32 Å². The minimum atomic E-state index is -3.31. The summed E-state index contributed by atoms with van der Waals surface area (Å²) in [6.07, 6.45) is -1.31. The Hall–Kier alpha value is -1.43. The number of nitrogens with one attached hydrogen (secondary N) is 1. The molecule has 0 bridgehead atoms. The van der Waals surface area contributed by atoms with E-state index in [1.807, 2.05) is 61.5 Å². The number of hydrogen-bond donors (Lipinski definition) is 3. The Morgan fingerprint density at radius 2 is 1.69 bits per heavy atom. The fraction of sp³-hybridized carbons (Fsp3) is 0.368. The average Bonchev–Trinajstić information content (AvgIpc) is 2.61. The van der Waals surface area contributed by atoms with E-state index in [0.717, 1.165) is 17.0 Å². The second-order valence-corrected chi connectivity index (χ2v) is 9.46. The summed E-state index contributed by atoms with van der Waals surface area (Å²) in [5.41, 5.74) is 1.61. The molecular formula is C19H26NO4PS. The molecule has 142 valence electrons. The summed E-state index contributed by atoms with van der Waals surface area (Å²) in [7, 11) is 0. The van der Waals surface area contributed by atoms with Gasteiger partial charge in [-0.05, 0) is 62.4 Å². The lowest BCUT2D eigenvalue weighted by atomic mass is 10.2. The molecule has 0 aliphatic carbocycles. The van der Waals surface area contributed by atoms with Crippen LogP contribution >= 0.6 is 6.49 Å². The Kier molecular flexibility index (Phi) is 7.62. The number of rotatable bonds is 9. The van der Waals surface area contributed by atoms with E-state index >= 15 is 0 Å². The van der Waals surface area contributed by atoms with E-state index in [4.69, 9.17) is 21.1 Å². The summed E-state index contributed by atoms with van der Waals surface area (Å²) in [6, 6.07) is 16.9. The minimum absolute atomic E-state index is 0.575. The molecule has 26 heavy (non-hydrogen) atoms. The van der Waals surface area contributed by atoms with Gasteiger partial charge in [0.25, 0.3) is 0 Å². The fourth-order valence-corrected chi connectivity index (χ4v) is 4.91. The van der Waals surface area contributed by atoms with Crippen molar-refractivity contribution in [1.29, 1.82) is 0 Å². The maximum Gasteiger partial charge on any atom is 0.213 e. The lowest BCUT2D eigenvalue weighted by Gasteiger charge is -2.31. The van der Waals surface area contributed by atoms with Gasteiger partial charge in [0.2, 0.25) is 6.49 Å². The van der Waals surface area contributed by atoms with Gasteiger partial charge in [-0.15, -0.1) is 0 Å². The van der Waals surface area contributed by atoms with Crippen molar-refractivity contribution in [3.05, 3.63) is 60.2 Å². The first-order valence-electron chi connectivity index (χ1n) is 8.56. The summed E-state index contributed by atoms with van der Waals surface area (Å²) in [4.78, 5) is 11.0. The van der Waals surface area contributed by atoms with Gasteiger partial charge in [-0.1, -0.05) is 30.3 Å². The summed E-state index contributed by atoms with van der Waals surface area (Å²) >= 11 is 5.47. The monoisotopic (exact) mass is 395 g/mol. The maximum atomic E-state index is 11.0. The number of aliphatic hydroxyl groups is 1. The number of anilines is 1. The van der Waals surface area contributed by atoms with Gasteiger partial charge in [0.15, 0.2) is 0 Å². The van der Waals surface area contributed by atoms with Gasteiger partial charge in [0.05, 0.1) is 18.8 Å². The van der Waals surface area contributed by atoms with Crippen LogP contribution in [0.3, 0.4) is 0 Å². The van der Waals surface area contributed by atoms with Gasteiger partial charge in [0, 0.05) is 5.69 Å². The first kappa shape index (κ1) is 20.9. The number of para-hydroxylation sites is 1. The molecule has 2 aromatic rings. The van der Waals surface area contributed by atoms with Crippen LogP contribution in [0.15, 0.2) is 54.6 Å². The van der Waals surface area contributed by atoms with Crippen molar-refractivity contribution in [3.8, 4) is 5.75 Å². The van der Waals surface area contributed by atoms with Crippen LogP contribution in [-0.4, -0.2) is 28.8 Å². The topological polar surface area (TPSA) is 71.0 Å². The first-order chi connectivity index (χ1) is 12.3. The van der Waals surface area contributed by atoms with Crippen molar-refractivity contribution < 1.29 is 19.3 Å². The fourth-order valence-electron chi connectivity index (χ4n) is 2.35. The van der Waals surface area contributed by atoms with Crippen molar-refractivity contribution in [3.63, 3.8) is 0 Å². The molecule has 0 radical (unpaired) electrons. The summed E-state index contributed by atoms with van der Waals surface area (Å²) in [6.45, 7) is 2.50. The van der Waals surface area contributed by atoms with Gasteiger partial charge in [-0.3, -0.25) is 0 Å². The molecule has 3 N–H and O–H groups in total. The van der Waals surface area contributed by atoms with E-state index in [1.54, 1.807) is 13.8 Å². The van der Waals surface area contributed by atoms with Gasteiger partial charge >= 0.3 is 0 Å². The molecule has 0 spiro atoms. The quantitative estimate of drug-likeness (QED) is 0.551. The molecule has 5 nitrogen and oxygen atoms in total. The third-order valence-corrected chi connectivity index (χ3v) is 6.51. The molecule has 0 heterocycles. The van der Waals surface area contributed by atoms with Crippen molar-refractivity contribution in [2.24, 2.45) is 0 Å². The van der Waals surface area contributed by atoms with Crippen LogP contribution < -0.4 is 10.1 Å². The third kappa shape index (κ3) is 5.79.